The lowest BCUT2D eigenvalue weighted by Gasteiger charge is -2.48. The molecule has 288 valence electrons. The Bertz CT molecular complexity index is 945. The van der Waals surface area contributed by atoms with Gasteiger partial charge in [-0.1, -0.05) is 51.9 Å². The fourth-order valence-corrected chi connectivity index (χ4v) is 6.38. The third-order valence-electron chi connectivity index (χ3n) is 9.39. The van der Waals surface area contributed by atoms with E-state index in [9.17, 15) is 50.8 Å². The number of aliphatic hydroxyl groups excluding tert-OH is 9. The highest BCUT2D eigenvalue weighted by atomic mass is 16.8. The first-order chi connectivity index (χ1) is 23.3. The third-order valence-corrected chi connectivity index (χ3v) is 9.39. The summed E-state index contributed by atoms with van der Waals surface area (Å²) in [6.45, 7) is 1.98. The molecule has 3 aliphatic heterocycles. The lowest BCUT2D eigenvalue weighted by Crippen LogP contribution is -2.66. The average molecular weight is 715 g/mol. The molecule has 0 bridgehead atoms. The first kappa shape index (κ1) is 42.3. The Kier molecular flexibility index (Phi) is 17.9. The molecule has 3 heterocycles. The van der Waals surface area contributed by atoms with Gasteiger partial charge in [-0.3, -0.25) is 4.79 Å². The number of hydrogen-bond donors (Lipinski definition) is 10. The molecule has 17 heteroatoms. The molecule has 3 aliphatic rings. The number of aliphatic carboxylic acids is 1. The van der Waals surface area contributed by atoms with E-state index in [4.69, 9.17) is 33.5 Å². The number of rotatable bonds is 20. The van der Waals surface area contributed by atoms with Crippen molar-refractivity contribution in [2.75, 3.05) is 13.2 Å². The molecule has 0 aliphatic carbocycles. The molecule has 3 fully saturated rings. The van der Waals surface area contributed by atoms with Crippen LogP contribution in [0.4, 0.5) is 0 Å². The molecule has 3 rings (SSSR count). The van der Waals surface area contributed by atoms with Crippen LogP contribution < -0.4 is 0 Å². The molecule has 0 amide bonds. The van der Waals surface area contributed by atoms with E-state index in [1.165, 1.54) is 6.92 Å². The van der Waals surface area contributed by atoms with Crippen molar-refractivity contribution < 1.29 is 84.3 Å². The molecule has 17 nitrogen and oxygen atoms in total. The Morgan fingerprint density at radius 3 is 1.67 bits per heavy atom. The van der Waals surface area contributed by atoms with Crippen LogP contribution in [-0.4, -0.2) is 168 Å². The van der Waals surface area contributed by atoms with Gasteiger partial charge in [0.1, 0.15) is 67.1 Å². The van der Waals surface area contributed by atoms with E-state index in [1.54, 1.807) is 0 Å². The summed E-state index contributed by atoms with van der Waals surface area (Å²) in [5, 5.41) is 103. The minimum atomic E-state index is -1.81. The summed E-state index contributed by atoms with van der Waals surface area (Å²) in [4.78, 5) is 10.7. The van der Waals surface area contributed by atoms with E-state index >= 15 is 0 Å². The SMILES string of the molecule is CCC[C@@H](CCCCCCCCCC(=O)O)O[C@@H]1O[C@H](CO)[C@H](O)[C@H](O)[C@H]1O[C@@H]1O[C@H](CO)[C@H](O)[C@H](O)[C@H]1O[C@@H]1O[C@@H](C)[C@H](O)[C@@H](O)[C@H]1O. The third kappa shape index (κ3) is 11.7. The summed E-state index contributed by atoms with van der Waals surface area (Å²) in [5.74, 6) is -0.792. The van der Waals surface area contributed by atoms with E-state index in [-0.39, 0.29) is 12.5 Å². The van der Waals surface area contributed by atoms with Crippen LogP contribution in [0.2, 0.25) is 0 Å². The average Bonchev–Trinajstić information content (AvgIpc) is 3.07. The molecule has 0 unspecified atom stereocenters. The van der Waals surface area contributed by atoms with Crippen LogP contribution in [0.25, 0.3) is 0 Å². The van der Waals surface area contributed by atoms with Gasteiger partial charge in [0.05, 0.1) is 25.4 Å². The van der Waals surface area contributed by atoms with Gasteiger partial charge < -0.3 is 79.5 Å². The van der Waals surface area contributed by atoms with Gasteiger partial charge >= 0.3 is 5.97 Å². The summed E-state index contributed by atoms with van der Waals surface area (Å²) in [5.41, 5.74) is 0. The predicted octanol–water partition coefficient (Wildman–Crippen LogP) is -1.76. The second-order valence-corrected chi connectivity index (χ2v) is 13.3. The van der Waals surface area contributed by atoms with Crippen LogP contribution in [0.3, 0.4) is 0 Å². The van der Waals surface area contributed by atoms with E-state index in [0.717, 1.165) is 44.9 Å². The van der Waals surface area contributed by atoms with Crippen molar-refractivity contribution in [2.45, 2.75) is 183 Å². The number of carbonyl (C=O) groups is 1. The lowest BCUT2D eigenvalue weighted by molar-refractivity contribution is -0.394. The van der Waals surface area contributed by atoms with Crippen LogP contribution in [0, 0.1) is 0 Å². The van der Waals surface area contributed by atoms with Crippen molar-refractivity contribution in [3.8, 4) is 0 Å². The van der Waals surface area contributed by atoms with Gasteiger partial charge in [0.15, 0.2) is 18.9 Å². The molecular formula is C32H58O17. The lowest BCUT2D eigenvalue weighted by atomic mass is 9.96. The quantitative estimate of drug-likeness (QED) is 0.0626. The molecule has 0 aromatic rings. The maximum atomic E-state index is 11.2. The molecule has 0 saturated carbocycles. The summed E-state index contributed by atoms with van der Waals surface area (Å²) in [6.07, 6.45) is -15.4. The molecule has 16 atom stereocenters. The predicted molar refractivity (Wildman–Crippen MR) is 167 cm³/mol. The Balaban J connectivity index is 1.73. The van der Waals surface area contributed by atoms with Crippen molar-refractivity contribution >= 4 is 5.97 Å². The van der Waals surface area contributed by atoms with Crippen molar-refractivity contribution in [1.82, 2.24) is 0 Å². The minimum absolute atomic E-state index is 0.171. The molecule has 0 radical (unpaired) electrons. The van der Waals surface area contributed by atoms with Crippen molar-refractivity contribution in [3.05, 3.63) is 0 Å². The van der Waals surface area contributed by atoms with Gasteiger partial charge in [0, 0.05) is 6.42 Å². The van der Waals surface area contributed by atoms with Gasteiger partial charge in [0.25, 0.3) is 0 Å². The molecule has 0 spiro atoms. The zero-order valence-corrected chi connectivity index (χ0v) is 28.3. The van der Waals surface area contributed by atoms with Gasteiger partial charge in [-0.15, -0.1) is 0 Å². The van der Waals surface area contributed by atoms with E-state index < -0.39 is 111 Å². The first-order valence-corrected chi connectivity index (χ1v) is 17.5. The van der Waals surface area contributed by atoms with Gasteiger partial charge in [-0.25, -0.2) is 0 Å². The minimum Gasteiger partial charge on any atom is -0.481 e. The van der Waals surface area contributed by atoms with Crippen molar-refractivity contribution in [1.29, 1.82) is 0 Å². The topological polar surface area (TPSA) is 275 Å². The molecule has 0 aromatic heterocycles. The normalized spacial score (nSPS) is 40.7. The number of carboxylic acid groups (broad SMARTS) is 1. The van der Waals surface area contributed by atoms with E-state index in [1.807, 2.05) is 6.92 Å². The summed E-state index contributed by atoms with van der Waals surface area (Å²) in [6, 6.07) is 0. The monoisotopic (exact) mass is 714 g/mol. The summed E-state index contributed by atoms with van der Waals surface area (Å²) in [7, 11) is 0. The maximum Gasteiger partial charge on any atom is 0.303 e. The maximum absolute atomic E-state index is 11.2. The number of aliphatic hydroxyl groups is 9. The first-order valence-electron chi connectivity index (χ1n) is 17.5. The van der Waals surface area contributed by atoms with Gasteiger partial charge in [0.2, 0.25) is 0 Å². The molecule has 3 saturated heterocycles. The van der Waals surface area contributed by atoms with Crippen LogP contribution in [0.5, 0.6) is 0 Å². The van der Waals surface area contributed by atoms with Crippen LogP contribution in [-0.2, 0) is 33.2 Å². The van der Waals surface area contributed by atoms with E-state index in [2.05, 4.69) is 0 Å². The Labute approximate surface area is 286 Å². The zero-order chi connectivity index (χ0) is 36.2. The highest BCUT2D eigenvalue weighted by molar-refractivity contribution is 5.66. The van der Waals surface area contributed by atoms with Crippen LogP contribution in [0.15, 0.2) is 0 Å². The fourth-order valence-electron chi connectivity index (χ4n) is 6.38. The highest BCUT2D eigenvalue weighted by Gasteiger charge is 2.54. The number of unbranched alkanes of at least 4 members (excludes halogenated alkanes) is 6. The van der Waals surface area contributed by atoms with Crippen molar-refractivity contribution in [3.63, 3.8) is 0 Å². The Hall–Kier alpha value is -1.13. The highest BCUT2D eigenvalue weighted by Crippen LogP contribution is 2.34. The number of ether oxygens (including phenoxy) is 6. The molecule has 49 heavy (non-hydrogen) atoms. The fraction of sp³-hybridized carbons (Fsp3) is 0.969. The second-order valence-electron chi connectivity index (χ2n) is 13.3. The summed E-state index contributed by atoms with van der Waals surface area (Å²) >= 11 is 0. The summed E-state index contributed by atoms with van der Waals surface area (Å²) < 4.78 is 35.2. The van der Waals surface area contributed by atoms with Crippen molar-refractivity contribution in [2.24, 2.45) is 0 Å². The van der Waals surface area contributed by atoms with E-state index in [0.29, 0.717) is 19.3 Å². The zero-order valence-electron chi connectivity index (χ0n) is 28.3. The Morgan fingerprint density at radius 2 is 1.12 bits per heavy atom. The second kappa shape index (κ2) is 20.8. The van der Waals surface area contributed by atoms with Crippen LogP contribution >= 0.6 is 0 Å². The Morgan fingerprint density at radius 1 is 0.612 bits per heavy atom. The molecule has 0 aromatic carbocycles. The molecule has 10 N–H and O–H groups in total. The van der Waals surface area contributed by atoms with Gasteiger partial charge in [-0.05, 0) is 26.2 Å². The van der Waals surface area contributed by atoms with Crippen LogP contribution in [0.1, 0.15) is 84.5 Å². The number of carboxylic acids is 1. The number of hydrogen-bond acceptors (Lipinski definition) is 16. The molecular weight excluding hydrogens is 656 g/mol. The standard InChI is InChI=1S/C32H58O17/c1-3-11-17(12-9-7-5-4-6-8-10-13-20(35)36)45-31-28(25(41)22(38)18(14-33)46-31)49-32-29(26(42)23(39)19(15-34)47-32)48-30-27(43)24(40)21(37)16(2)44-30/h16-19,21-34,37-43H,3-15H2,1-2H3,(H,35,36)/t16-,17-,18+,19+,21-,22-,23-,24+,25-,26-,27+,28+,29+,30-,31+,32-/m0/s1. The van der Waals surface area contributed by atoms with Gasteiger partial charge in [-0.2, -0.15) is 0 Å². The smallest absolute Gasteiger partial charge is 0.303 e. The largest absolute Gasteiger partial charge is 0.481 e.